The van der Waals surface area contributed by atoms with Gasteiger partial charge in [0.1, 0.15) is 5.82 Å². The summed E-state index contributed by atoms with van der Waals surface area (Å²) in [6, 6.07) is 14.5. The zero-order chi connectivity index (χ0) is 13.0. The molecule has 0 aliphatic rings. The Morgan fingerprint density at radius 1 is 1.17 bits per heavy atom. The highest BCUT2D eigenvalue weighted by Crippen LogP contribution is 2.19. The van der Waals surface area contributed by atoms with Crippen molar-refractivity contribution >= 4 is 5.69 Å². The molecule has 94 valence electrons. The van der Waals surface area contributed by atoms with Crippen LogP contribution in [0.3, 0.4) is 0 Å². The van der Waals surface area contributed by atoms with Crippen molar-refractivity contribution < 1.29 is 4.39 Å². The van der Waals surface area contributed by atoms with Gasteiger partial charge in [0.15, 0.2) is 0 Å². The van der Waals surface area contributed by atoms with E-state index < -0.39 is 0 Å². The summed E-state index contributed by atoms with van der Waals surface area (Å²) in [5.74, 6) is -0.239. The lowest BCUT2D eigenvalue weighted by molar-refractivity contribution is 0.622. The lowest BCUT2D eigenvalue weighted by atomic mass is 10.1. The lowest BCUT2D eigenvalue weighted by Crippen LogP contribution is -2.20. The summed E-state index contributed by atoms with van der Waals surface area (Å²) in [4.78, 5) is 0. The van der Waals surface area contributed by atoms with Crippen LogP contribution in [0.1, 0.15) is 17.2 Å². The number of hydrogen-bond acceptors (Lipinski definition) is 2. The molecular weight excluding hydrogens is 227 g/mol. The number of rotatable bonds is 4. The largest absolute Gasteiger partial charge is 0.377 e. The minimum absolute atomic E-state index is 0.0802. The molecule has 2 rings (SSSR count). The summed E-state index contributed by atoms with van der Waals surface area (Å²) >= 11 is 0. The fraction of sp³-hybridized carbons (Fsp3) is 0.200. The second kappa shape index (κ2) is 5.65. The van der Waals surface area contributed by atoms with Crippen LogP contribution in [-0.2, 0) is 0 Å². The molecule has 0 amide bonds. The predicted octanol–water partition coefficient (Wildman–Crippen LogP) is 3.25. The quantitative estimate of drug-likeness (QED) is 0.866. The van der Waals surface area contributed by atoms with E-state index in [2.05, 4.69) is 5.32 Å². The number of nitrogens with one attached hydrogen (secondary N) is 1. The van der Waals surface area contributed by atoms with Gasteiger partial charge >= 0.3 is 0 Å². The van der Waals surface area contributed by atoms with Gasteiger partial charge in [-0.05, 0) is 36.8 Å². The van der Waals surface area contributed by atoms with Gasteiger partial charge < -0.3 is 11.1 Å². The summed E-state index contributed by atoms with van der Waals surface area (Å²) in [6.45, 7) is 2.45. The van der Waals surface area contributed by atoms with Crippen LogP contribution in [0.25, 0.3) is 0 Å². The molecule has 1 atom stereocenters. The van der Waals surface area contributed by atoms with Gasteiger partial charge in [0.05, 0.1) is 6.04 Å². The SMILES string of the molecule is Cc1ccc(NC(CN)c2cccc(F)c2)cc1. The summed E-state index contributed by atoms with van der Waals surface area (Å²) in [5.41, 5.74) is 8.80. The molecule has 0 spiro atoms. The number of benzene rings is 2. The average molecular weight is 244 g/mol. The molecule has 2 nitrogen and oxygen atoms in total. The van der Waals surface area contributed by atoms with E-state index in [1.165, 1.54) is 17.7 Å². The van der Waals surface area contributed by atoms with Crippen LogP contribution in [0.5, 0.6) is 0 Å². The highest BCUT2D eigenvalue weighted by molar-refractivity contribution is 5.46. The Labute approximate surface area is 107 Å². The van der Waals surface area contributed by atoms with E-state index in [0.29, 0.717) is 6.54 Å². The predicted molar refractivity (Wildman–Crippen MR) is 73.0 cm³/mol. The number of halogens is 1. The molecule has 0 aliphatic heterocycles. The number of aryl methyl sites for hydroxylation is 1. The molecule has 0 saturated carbocycles. The molecule has 0 heterocycles. The van der Waals surface area contributed by atoms with Gasteiger partial charge in [-0.3, -0.25) is 0 Å². The molecule has 0 saturated heterocycles. The third-order valence-corrected chi connectivity index (χ3v) is 2.88. The third-order valence-electron chi connectivity index (χ3n) is 2.88. The summed E-state index contributed by atoms with van der Waals surface area (Å²) in [6.07, 6.45) is 0. The van der Waals surface area contributed by atoms with E-state index in [0.717, 1.165) is 11.3 Å². The molecule has 1 unspecified atom stereocenters. The number of anilines is 1. The molecular formula is C15H17FN2. The summed E-state index contributed by atoms with van der Waals surface area (Å²) in [5, 5.41) is 3.31. The van der Waals surface area contributed by atoms with Crippen molar-refractivity contribution in [1.29, 1.82) is 0 Å². The van der Waals surface area contributed by atoms with Gasteiger partial charge in [-0.15, -0.1) is 0 Å². The standard InChI is InChI=1S/C15H17FN2/c1-11-5-7-14(8-6-11)18-15(10-17)12-3-2-4-13(16)9-12/h2-9,15,18H,10,17H2,1H3. The van der Waals surface area contributed by atoms with Crippen molar-refractivity contribution in [1.82, 2.24) is 0 Å². The third kappa shape index (κ3) is 3.08. The molecule has 3 heteroatoms. The van der Waals surface area contributed by atoms with Crippen molar-refractivity contribution in [3.05, 3.63) is 65.5 Å². The van der Waals surface area contributed by atoms with Gasteiger partial charge in [-0.1, -0.05) is 29.8 Å². The zero-order valence-corrected chi connectivity index (χ0v) is 10.4. The Morgan fingerprint density at radius 3 is 2.50 bits per heavy atom. The molecule has 2 aromatic carbocycles. The monoisotopic (exact) mass is 244 g/mol. The maximum Gasteiger partial charge on any atom is 0.123 e. The van der Waals surface area contributed by atoms with Crippen LogP contribution in [0.15, 0.2) is 48.5 Å². The molecule has 0 bridgehead atoms. The summed E-state index contributed by atoms with van der Waals surface area (Å²) < 4.78 is 13.2. The molecule has 18 heavy (non-hydrogen) atoms. The summed E-state index contributed by atoms with van der Waals surface area (Å²) in [7, 11) is 0. The Bertz CT molecular complexity index is 508. The van der Waals surface area contributed by atoms with Gasteiger partial charge in [0, 0.05) is 12.2 Å². The van der Waals surface area contributed by atoms with Crippen LogP contribution < -0.4 is 11.1 Å². The van der Waals surface area contributed by atoms with E-state index >= 15 is 0 Å². The second-order valence-electron chi connectivity index (χ2n) is 4.35. The molecule has 0 fully saturated rings. The maximum absolute atomic E-state index is 13.2. The highest BCUT2D eigenvalue weighted by atomic mass is 19.1. The Balaban J connectivity index is 2.17. The molecule has 3 N–H and O–H groups in total. The first-order valence-electron chi connectivity index (χ1n) is 5.98. The smallest absolute Gasteiger partial charge is 0.123 e. The van der Waals surface area contributed by atoms with Gasteiger partial charge in [-0.25, -0.2) is 4.39 Å². The van der Waals surface area contributed by atoms with Crippen LogP contribution in [0.2, 0.25) is 0 Å². The Hall–Kier alpha value is -1.87. The maximum atomic E-state index is 13.2. The van der Waals surface area contributed by atoms with Crippen LogP contribution in [0.4, 0.5) is 10.1 Å². The van der Waals surface area contributed by atoms with E-state index in [1.807, 2.05) is 37.3 Å². The van der Waals surface area contributed by atoms with Crippen molar-refractivity contribution in [3.63, 3.8) is 0 Å². The van der Waals surface area contributed by atoms with E-state index in [1.54, 1.807) is 6.07 Å². The van der Waals surface area contributed by atoms with E-state index in [9.17, 15) is 4.39 Å². The Kier molecular flexibility index (Phi) is 3.95. The normalized spacial score (nSPS) is 12.2. The first kappa shape index (κ1) is 12.6. The van der Waals surface area contributed by atoms with Crippen LogP contribution >= 0.6 is 0 Å². The minimum atomic E-state index is -0.239. The number of hydrogen-bond donors (Lipinski definition) is 2. The van der Waals surface area contributed by atoms with Crippen LogP contribution in [0, 0.1) is 12.7 Å². The second-order valence-corrected chi connectivity index (χ2v) is 4.35. The topological polar surface area (TPSA) is 38.0 Å². The van der Waals surface area contributed by atoms with Crippen LogP contribution in [-0.4, -0.2) is 6.54 Å². The van der Waals surface area contributed by atoms with Crippen molar-refractivity contribution in [2.45, 2.75) is 13.0 Å². The van der Waals surface area contributed by atoms with Gasteiger partial charge in [-0.2, -0.15) is 0 Å². The number of nitrogens with two attached hydrogens (primary N) is 1. The van der Waals surface area contributed by atoms with Gasteiger partial charge in [0.2, 0.25) is 0 Å². The first-order chi connectivity index (χ1) is 8.69. The van der Waals surface area contributed by atoms with E-state index in [4.69, 9.17) is 5.73 Å². The minimum Gasteiger partial charge on any atom is -0.377 e. The fourth-order valence-corrected chi connectivity index (χ4v) is 1.85. The Morgan fingerprint density at radius 2 is 1.89 bits per heavy atom. The zero-order valence-electron chi connectivity index (χ0n) is 10.4. The van der Waals surface area contributed by atoms with E-state index in [-0.39, 0.29) is 11.9 Å². The first-order valence-corrected chi connectivity index (χ1v) is 5.98. The molecule has 0 radical (unpaired) electrons. The lowest BCUT2D eigenvalue weighted by Gasteiger charge is -2.18. The van der Waals surface area contributed by atoms with Crippen molar-refractivity contribution in [3.8, 4) is 0 Å². The highest BCUT2D eigenvalue weighted by Gasteiger charge is 2.09. The molecule has 0 aliphatic carbocycles. The molecule has 2 aromatic rings. The fourth-order valence-electron chi connectivity index (χ4n) is 1.85. The van der Waals surface area contributed by atoms with Crippen molar-refractivity contribution in [2.24, 2.45) is 5.73 Å². The molecule has 0 aromatic heterocycles. The van der Waals surface area contributed by atoms with Gasteiger partial charge in [0.25, 0.3) is 0 Å². The van der Waals surface area contributed by atoms with Crippen molar-refractivity contribution in [2.75, 3.05) is 11.9 Å². The average Bonchev–Trinajstić information content (AvgIpc) is 2.38.